The van der Waals surface area contributed by atoms with Crippen molar-refractivity contribution in [3.05, 3.63) is 29.3 Å². The van der Waals surface area contributed by atoms with Gasteiger partial charge in [0.2, 0.25) is 0 Å². The number of likely N-dealkylation sites (N-methyl/N-ethyl adjacent to an activating group) is 1. The summed E-state index contributed by atoms with van der Waals surface area (Å²) in [5.41, 5.74) is 7.04. The van der Waals surface area contributed by atoms with Crippen molar-refractivity contribution in [1.29, 1.82) is 0 Å². The Balaban J connectivity index is 2.86. The lowest BCUT2D eigenvalue weighted by Gasteiger charge is -2.23. The number of amides is 1. The van der Waals surface area contributed by atoms with Gasteiger partial charge in [0, 0.05) is 26.7 Å². The number of hydrogen-bond donors (Lipinski definition) is 1. The van der Waals surface area contributed by atoms with Gasteiger partial charge in [-0.25, -0.2) is 0 Å². The maximum atomic E-state index is 12.6. The van der Waals surface area contributed by atoms with E-state index in [9.17, 15) is 4.79 Å². The van der Waals surface area contributed by atoms with Gasteiger partial charge in [-0.05, 0) is 32.9 Å². The van der Waals surface area contributed by atoms with Crippen LogP contribution in [0.4, 0.5) is 0 Å². The van der Waals surface area contributed by atoms with Crippen molar-refractivity contribution in [2.45, 2.75) is 26.9 Å². The summed E-state index contributed by atoms with van der Waals surface area (Å²) >= 11 is 0. The van der Waals surface area contributed by atoms with Gasteiger partial charge in [0.15, 0.2) is 0 Å². The van der Waals surface area contributed by atoms with Crippen LogP contribution in [0.1, 0.15) is 29.8 Å². The molecule has 5 heteroatoms. The number of rotatable bonds is 8. The molecule has 1 amide bonds. The Morgan fingerprint density at radius 1 is 1.43 bits per heavy atom. The zero-order valence-electron chi connectivity index (χ0n) is 13.4. The van der Waals surface area contributed by atoms with Crippen LogP contribution >= 0.6 is 0 Å². The number of ether oxygens (including phenoxy) is 2. The van der Waals surface area contributed by atoms with Crippen molar-refractivity contribution in [3.8, 4) is 5.75 Å². The van der Waals surface area contributed by atoms with Gasteiger partial charge in [0.25, 0.3) is 5.91 Å². The van der Waals surface area contributed by atoms with Crippen LogP contribution in [-0.4, -0.2) is 50.3 Å². The summed E-state index contributed by atoms with van der Waals surface area (Å²) in [6.45, 7) is 7.83. The van der Waals surface area contributed by atoms with Crippen molar-refractivity contribution in [2.75, 3.05) is 33.4 Å². The molecular formula is C16H26N2O3. The van der Waals surface area contributed by atoms with Gasteiger partial charge >= 0.3 is 0 Å². The molecule has 0 radical (unpaired) electrons. The predicted octanol–water partition coefficient (Wildman–Crippen LogP) is 1.83. The van der Waals surface area contributed by atoms with Crippen LogP contribution in [0.5, 0.6) is 5.75 Å². The fourth-order valence-corrected chi connectivity index (χ4v) is 2.12. The Hall–Kier alpha value is -1.59. The zero-order chi connectivity index (χ0) is 15.8. The first-order valence-electron chi connectivity index (χ1n) is 7.30. The van der Waals surface area contributed by atoms with Crippen LogP contribution in [0.2, 0.25) is 0 Å². The van der Waals surface area contributed by atoms with Crippen LogP contribution in [0.15, 0.2) is 18.2 Å². The van der Waals surface area contributed by atoms with Gasteiger partial charge in [-0.15, -0.1) is 0 Å². The van der Waals surface area contributed by atoms with E-state index >= 15 is 0 Å². The Kier molecular flexibility index (Phi) is 7.19. The molecule has 0 aliphatic heterocycles. The first-order chi connectivity index (χ1) is 9.99. The van der Waals surface area contributed by atoms with E-state index in [2.05, 4.69) is 0 Å². The molecule has 0 saturated heterocycles. The molecule has 5 nitrogen and oxygen atoms in total. The van der Waals surface area contributed by atoms with E-state index in [1.807, 2.05) is 39.0 Å². The Morgan fingerprint density at radius 3 is 2.76 bits per heavy atom. The molecule has 118 valence electrons. The lowest BCUT2D eigenvalue weighted by Crippen LogP contribution is -2.34. The minimum atomic E-state index is -0.0720. The highest BCUT2D eigenvalue weighted by Gasteiger charge is 2.19. The summed E-state index contributed by atoms with van der Waals surface area (Å²) in [7, 11) is 1.77. The molecule has 1 aromatic rings. The van der Waals surface area contributed by atoms with Gasteiger partial charge in [-0.3, -0.25) is 4.79 Å². The normalized spacial score (nSPS) is 12.0. The average molecular weight is 294 g/mol. The Labute approximate surface area is 127 Å². The summed E-state index contributed by atoms with van der Waals surface area (Å²) in [6.07, 6.45) is 0.00201. The van der Waals surface area contributed by atoms with Crippen molar-refractivity contribution in [1.82, 2.24) is 4.90 Å². The number of carbonyl (C=O) groups excluding carboxylic acids is 1. The van der Waals surface area contributed by atoms with Crippen LogP contribution in [-0.2, 0) is 4.74 Å². The highest BCUT2D eigenvalue weighted by Crippen LogP contribution is 2.21. The third-order valence-electron chi connectivity index (χ3n) is 3.07. The molecule has 21 heavy (non-hydrogen) atoms. The summed E-state index contributed by atoms with van der Waals surface area (Å²) in [5, 5.41) is 0. The van der Waals surface area contributed by atoms with E-state index in [1.54, 1.807) is 11.9 Å². The van der Waals surface area contributed by atoms with E-state index in [0.29, 0.717) is 37.6 Å². The van der Waals surface area contributed by atoms with Crippen LogP contribution in [0.25, 0.3) is 0 Å². The van der Waals surface area contributed by atoms with Gasteiger partial charge in [-0.1, -0.05) is 11.6 Å². The largest absolute Gasteiger partial charge is 0.491 e. The van der Waals surface area contributed by atoms with Crippen LogP contribution in [0.3, 0.4) is 0 Å². The second-order valence-electron chi connectivity index (χ2n) is 5.09. The lowest BCUT2D eigenvalue weighted by molar-refractivity contribution is 0.0434. The minimum Gasteiger partial charge on any atom is -0.491 e. The van der Waals surface area contributed by atoms with E-state index in [4.69, 9.17) is 15.2 Å². The molecule has 0 aliphatic carbocycles. The lowest BCUT2D eigenvalue weighted by atomic mass is 10.1. The van der Waals surface area contributed by atoms with Crippen molar-refractivity contribution < 1.29 is 14.3 Å². The van der Waals surface area contributed by atoms with Crippen molar-refractivity contribution >= 4 is 5.91 Å². The number of carbonyl (C=O) groups is 1. The Morgan fingerprint density at radius 2 is 2.14 bits per heavy atom. The second-order valence-corrected chi connectivity index (χ2v) is 5.09. The molecule has 1 atom stereocenters. The van der Waals surface area contributed by atoms with Gasteiger partial charge < -0.3 is 20.1 Å². The van der Waals surface area contributed by atoms with Crippen LogP contribution in [0, 0.1) is 6.92 Å². The minimum absolute atomic E-state index is 0.00201. The fourth-order valence-electron chi connectivity index (χ4n) is 2.12. The molecule has 0 heterocycles. The number of nitrogens with two attached hydrogens (primary N) is 1. The van der Waals surface area contributed by atoms with Crippen molar-refractivity contribution in [2.24, 2.45) is 5.73 Å². The average Bonchev–Trinajstić information content (AvgIpc) is 2.45. The number of benzene rings is 1. The molecule has 0 aliphatic rings. The topological polar surface area (TPSA) is 64.8 Å². The Bertz CT molecular complexity index is 463. The molecule has 0 fully saturated rings. The molecule has 1 rings (SSSR count). The highest BCUT2D eigenvalue weighted by molar-refractivity contribution is 5.97. The molecular weight excluding hydrogens is 268 g/mol. The van der Waals surface area contributed by atoms with E-state index < -0.39 is 0 Å². The van der Waals surface area contributed by atoms with E-state index in [1.165, 1.54) is 0 Å². The fraction of sp³-hybridized carbons (Fsp3) is 0.562. The van der Waals surface area contributed by atoms with Gasteiger partial charge in [0.1, 0.15) is 12.4 Å². The van der Waals surface area contributed by atoms with Gasteiger partial charge in [-0.2, -0.15) is 0 Å². The molecule has 0 bridgehead atoms. The number of nitrogens with zero attached hydrogens (tertiary/aromatic N) is 1. The molecule has 0 spiro atoms. The standard InChI is InChI=1S/C16H26N2O3/c1-5-20-13(3)11-18(4)16(19)14-10-12(2)6-7-15(14)21-9-8-17/h6-7,10,13H,5,8-9,11,17H2,1-4H3/t13-/m0/s1. The maximum absolute atomic E-state index is 12.6. The predicted molar refractivity (Wildman–Crippen MR) is 83.8 cm³/mol. The molecule has 2 N–H and O–H groups in total. The van der Waals surface area contributed by atoms with E-state index in [-0.39, 0.29) is 12.0 Å². The summed E-state index contributed by atoms with van der Waals surface area (Å²) in [5.74, 6) is 0.504. The molecule has 1 aromatic carbocycles. The molecule has 0 saturated carbocycles. The zero-order valence-corrected chi connectivity index (χ0v) is 13.4. The SMILES string of the molecule is CCO[C@@H](C)CN(C)C(=O)c1cc(C)ccc1OCCN. The summed E-state index contributed by atoms with van der Waals surface area (Å²) < 4.78 is 11.0. The molecule has 0 unspecified atom stereocenters. The quantitative estimate of drug-likeness (QED) is 0.794. The summed E-state index contributed by atoms with van der Waals surface area (Å²) in [4.78, 5) is 14.2. The summed E-state index contributed by atoms with van der Waals surface area (Å²) in [6, 6.07) is 5.58. The van der Waals surface area contributed by atoms with Crippen molar-refractivity contribution in [3.63, 3.8) is 0 Å². The third-order valence-corrected chi connectivity index (χ3v) is 3.07. The smallest absolute Gasteiger partial charge is 0.257 e. The first kappa shape index (κ1) is 17.5. The maximum Gasteiger partial charge on any atom is 0.257 e. The third kappa shape index (κ3) is 5.36. The number of aryl methyl sites for hydroxylation is 1. The monoisotopic (exact) mass is 294 g/mol. The van der Waals surface area contributed by atoms with Gasteiger partial charge in [0.05, 0.1) is 11.7 Å². The second kappa shape index (κ2) is 8.64. The van der Waals surface area contributed by atoms with Crippen LogP contribution < -0.4 is 10.5 Å². The molecule has 0 aromatic heterocycles. The van der Waals surface area contributed by atoms with E-state index in [0.717, 1.165) is 5.56 Å². The number of hydrogen-bond acceptors (Lipinski definition) is 4. The first-order valence-corrected chi connectivity index (χ1v) is 7.30. The highest BCUT2D eigenvalue weighted by atomic mass is 16.5.